The third kappa shape index (κ3) is 4.56. The van der Waals surface area contributed by atoms with E-state index in [1.807, 2.05) is 0 Å². The molecular formula is C14H10BrF3N2O. The van der Waals surface area contributed by atoms with Gasteiger partial charge in [-0.15, -0.1) is 0 Å². The number of hydrogen-bond acceptors (Lipinski definition) is 2. The molecule has 1 N–H and O–H groups in total. The topological polar surface area (TPSA) is 42.0 Å². The van der Waals surface area contributed by atoms with Crippen LogP contribution >= 0.6 is 15.9 Å². The Hall–Kier alpha value is -1.89. The second kappa shape index (κ2) is 6.26. The molecule has 0 aliphatic carbocycles. The first-order chi connectivity index (χ1) is 9.84. The molecule has 1 amide bonds. The molecule has 7 heteroatoms. The van der Waals surface area contributed by atoms with E-state index in [0.29, 0.717) is 11.4 Å². The van der Waals surface area contributed by atoms with Crippen molar-refractivity contribution in [1.29, 1.82) is 0 Å². The van der Waals surface area contributed by atoms with E-state index >= 15 is 0 Å². The number of hydrogen-bond donors (Lipinski definition) is 1. The number of benzene rings is 1. The van der Waals surface area contributed by atoms with Gasteiger partial charge in [0.25, 0.3) is 0 Å². The summed E-state index contributed by atoms with van der Waals surface area (Å²) in [7, 11) is 0. The summed E-state index contributed by atoms with van der Waals surface area (Å²) in [6.45, 7) is 0. The van der Waals surface area contributed by atoms with E-state index in [9.17, 15) is 18.0 Å². The van der Waals surface area contributed by atoms with Crippen molar-refractivity contribution in [3.8, 4) is 0 Å². The van der Waals surface area contributed by atoms with Gasteiger partial charge >= 0.3 is 6.18 Å². The summed E-state index contributed by atoms with van der Waals surface area (Å²) in [5.74, 6) is 0.0414. The highest BCUT2D eigenvalue weighted by Crippen LogP contribution is 2.29. The lowest BCUT2D eigenvalue weighted by Crippen LogP contribution is -2.15. The Labute approximate surface area is 127 Å². The van der Waals surface area contributed by atoms with Crippen LogP contribution in [0, 0.1) is 0 Å². The number of carbonyl (C=O) groups excluding carboxylic acids is 1. The van der Waals surface area contributed by atoms with Crippen LogP contribution in [0.3, 0.4) is 0 Å². The smallest absolute Gasteiger partial charge is 0.310 e. The van der Waals surface area contributed by atoms with Crippen molar-refractivity contribution in [2.24, 2.45) is 0 Å². The molecule has 0 saturated carbocycles. The van der Waals surface area contributed by atoms with Crippen molar-refractivity contribution in [3.05, 3.63) is 58.2 Å². The fourth-order valence-electron chi connectivity index (χ4n) is 1.63. The molecule has 0 bridgehead atoms. The van der Waals surface area contributed by atoms with Crippen molar-refractivity contribution < 1.29 is 18.0 Å². The molecule has 0 saturated heterocycles. The number of alkyl halides is 3. The molecule has 0 spiro atoms. The Kier molecular flexibility index (Phi) is 4.62. The summed E-state index contributed by atoms with van der Waals surface area (Å²) in [6, 6.07) is 7.84. The predicted molar refractivity (Wildman–Crippen MR) is 75.7 cm³/mol. The summed E-state index contributed by atoms with van der Waals surface area (Å²) < 4.78 is 38.0. The van der Waals surface area contributed by atoms with Crippen LogP contribution in [0.4, 0.5) is 19.0 Å². The van der Waals surface area contributed by atoms with E-state index in [-0.39, 0.29) is 12.3 Å². The maximum atomic E-state index is 12.4. The number of aromatic nitrogens is 1. The van der Waals surface area contributed by atoms with Crippen LogP contribution in [0.25, 0.3) is 0 Å². The molecule has 2 aromatic rings. The lowest BCUT2D eigenvalue weighted by atomic mass is 10.1. The summed E-state index contributed by atoms with van der Waals surface area (Å²) in [6.07, 6.45) is -2.86. The van der Waals surface area contributed by atoms with E-state index in [1.54, 1.807) is 12.1 Å². The highest BCUT2D eigenvalue weighted by Gasteiger charge is 2.29. The molecule has 0 aliphatic rings. The highest BCUT2D eigenvalue weighted by atomic mass is 79.9. The zero-order valence-corrected chi connectivity index (χ0v) is 12.2. The number of rotatable bonds is 3. The normalized spacial score (nSPS) is 11.2. The van der Waals surface area contributed by atoms with Gasteiger partial charge in [0.2, 0.25) is 5.91 Å². The number of nitrogens with one attached hydrogen (secondary N) is 1. The third-order valence-electron chi connectivity index (χ3n) is 2.64. The van der Waals surface area contributed by atoms with Gasteiger partial charge in [-0.05, 0) is 45.8 Å². The van der Waals surface area contributed by atoms with Gasteiger partial charge in [0, 0.05) is 10.7 Å². The fourth-order valence-corrected chi connectivity index (χ4v) is 1.87. The highest BCUT2D eigenvalue weighted by molar-refractivity contribution is 9.10. The van der Waals surface area contributed by atoms with E-state index in [2.05, 4.69) is 26.2 Å². The molecule has 2 rings (SSSR count). The van der Waals surface area contributed by atoms with Gasteiger partial charge in [-0.2, -0.15) is 13.2 Å². The molecule has 0 fully saturated rings. The maximum Gasteiger partial charge on any atom is 0.416 e. The fraction of sp³-hybridized carbons (Fsp3) is 0.143. The Bertz CT molecular complexity index is 624. The van der Waals surface area contributed by atoms with Crippen molar-refractivity contribution >= 4 is 27.7 Å². The SMILES string of the molecule is O=C(Cc1ccc(C(F)(F)F)cc1)Nc1ccc(Br)cn1. The Morgan fingerprint density at radius 2 is 1.81 bits per heavy atom. The molecule has 1 aromatic carbocycles. The van der Waals surface area contributed by atoms with Crippen molar-refractivity contribution in [2.45, 2.75) is 12.6 Å². The Morgan fingerprint density at radius 3 is 2.33 bits per heavy atom. The molecular weight excluding hydrogens is 349 g/mol. The second-order valence-corrected chi connectivity index (χ2v) is 5.20. The molecule has 21 heavy (non-hydrogen) atoms. The van der Waals surface area contributed by atoms with Crippen molar-refractivity contribution in [1.82, 2.24) is 4.98 Å². The van der Waals surface area contributed by atoms with Crippen LogP contribution in [0.5, 0.6) is 0 Å². The Balaban J connectivity index is 1.98. The summed E-state index contributed by atoms with van der Waals surface area (Å²) in [5, 5.41) is 2.57. The third-order valence-corrected chi connectivity index (χ3v) is 3.11. The monoisotopic (exact) mass is 358 g/mol. The molecule has 0 unspecified atom stereocenters. The van der Waals surface area contributed by atoms with Crippen LogP contribution in [0.1, 0.15) is 11.1 Å². The summed E-state index contributed by atoms with van der Waals surface area (Å²) >= 11 is 3.22. The van der Waals surface area contributed by atoms with Crippen LogP contribution in [-0.4, -0.2) is 10.9 Å². The molecule has 1 heterocycles. The number of carbonyl (C=O) groups is 1. The van der Waals surface area contributed by atoms with Gasteiger partial charge in [0.1, 0.15) is 5.82 Å². The van der Waals surface area contributed by atoms with Crippen LogP contribution in [0.15, 0.2) is 47.1 Å². The molecule has 110 valence electrons. The quantitative estimate of drug-likeness (QED) is 0.899. The van der Waals surface area contributed by atoms with Crippen LogP contribution in [0.2, 0.25) is 0 Å². The molecule has 0 atom stereocenters. The summed E-state index contributed by atoms with van der Waals surface area (Å²) in [5.41, 5.74) is -0.237. The van der Waals surface area contributed by atoms with E-state index < -0.39 is 11.7 Å². The van der Waals surface area contributed by atoms with Gasteiger partial charge in [-0.25, -0.2) is 4.98 Å². The minimum atomic E-state index is -4.37. The number of amides is 1. The first-order valence-electron chi connectivity index (χ1n) is 5.92. The number of pyridine rings is 1. The van der Waals surface area contributed by atoms with Gasteiger partial charge in [0.05, 0.1) is 12.0 Å². The van der Waals surface area contributed by atoms with Gasteiger partial charge in [-0.3, -0.25) is 4.79 Å². The van der Waals surface area contributed by atoms with Gasteiger partial charge in [0.15, 0.2) is 0 Å². The molecule has 1 aromatic heterocycles. The maximum absolute atomic E-state index is 12.4. The zero-order valence-electron chi connectivity index (χ0n) is 10.6. The molecule has 3 nitrogen and oxygen atoms in total. The molecule has 0 aliphatic heterocycles. The van der Waals surface area contributed by atoms with E-state index in [0.717, 1.165) is 16.6 Å². The minimum Gasteiger partial charge on any atom is -0.310 e. The average Bonchev–Trinajstić information content (AvgIpc) is 2.41. The first-order valence-corrected chi connectivity index (χ1v) is 6.71. The average molecular weight is 359 g/mol. The van der Waals surface area contributed by atoms with Crippen LogP contribution < -0.4 is 5.32 Å². The zero-order chi connectivity index (χ0) is 15.5. The predicted octanol–water partition coefficient (Wildman–Crippen LogP) is 4.04. The first kappa shape index (κ1) is 15.5. The number of anilines is 1. The van der Waals surface area contributed by atoms with E-state index in [4.69, 9.17) is 0 Å². The molecule has 0 radical (unpaired) electrons. The standard InChI is InChI=1S/C14H10BrF3N2O/c15-11-5-6-12(19-8-11)20-13(21)7-9-1-3-10(4-2-9)14(16,17)18/h1-6,8H,7H2,(H,19,20,21). The van der Waals surface area contributed by atoms with E-state index in [1.165, 1.54) is 18.3 Å². The lowest BCUT2D eigenvalue weighted by Gasteiger charge is -2.08. The number of nitrogens with zero attached hydrogens (tertiary/aromatic N) is 1. The van der Waals surface area contributed by atoms with Gasteiger partial charge in [-0.1, -0.05) is 12.1 Å². The second-order valence-electron chi connectivity index (χ2n) is 4.28. The number of halogens is 4. The van der Waals surface area contributed by atoms with Crippen molar-refractivity contribution in [2.75, 3.05) is 5.32 Å². The Morgan fingerprint density at radius 1 is 1.14 bits per heavy atom. The lowest BCUT2D eigenvalue weighted by molar-refractivity contribution is -0.137. The summed E-state index contributed by atoms with van der Waals surface area (Å²) in [4.78, 5) is 15.7. The van der Waals surface area contributed by atoms with Gasteiger partial charge < -0.3 is 5.32 Å². The van der Waals surface area contributed by atoms with Crippen molar-refractivity contribution in [3.63, 3.8) is 0 Å². The van der Waals surface area contributed by atoms with Crippen LogP contribution in [-0.2, 0) is 17.4 Å². The minimum absolute atomic E-state index is 0.0180. The largest absolute Gasteiger partial charge is 0.416 e.